The maximum Gasteiger partial charge on any atom is 0.269 e. The highest BCUT2D eigenvalue weighted by Gasteiger charge is 2.10. The standard InChI is InChI=1S/C24H27N3O3/c1-4-5-7-20-10-12-23(13-11-20)26-18(2)14-22(19(26)3)16-25-30-17-21-8-6-9-24(15-21)27(28)29/h6,8-16H,4-5,7,17H2,1-3H3/b25-16-. The van der Waals surface area contributed by atoms with Crippen molar-refractivity contribution in [1.29, 1.82) is 0 Å². The number of non-ortho nitro benzene ring substituents is 1. The minimum atomic E-state index is -0.419. The highest BCUT2D eigenvalue weighted by atomic mass is 16.6. The van der Waals surface area contributed by atoms with Gasteiger partial charge in [-0.05, 0) is 56.0 Å². The monoisotopic (exact) mass is 405 g/mol. The fourth-order valence-corrected chi connectivity index (χ4v) is 3.47. The number of oxime groups is 1. The predicted octanol–water partition coefficient (Wildman–Crippen LogP) is 5.90. The van der Waals surface area contributed by atoms with E-state index in [-0.39, 0.29) is 12.3 Å². The van der Waals surface area contributed by atoms with Gasteiger partial charge in [-0.2, -0.15) is 0 Å². The van der Waals surface area contributed by atoms with Crippen LogP contribution in [0.1, 0.15) is 47.8 Å². The van der Waals surface area contributed by atoms with Gasteiger partial charge in [-0.3, -0.25) is 10.1 Å². The molecule has 0 saturated heterocycles. The van der Waals surface area contributed by atoms with Crippen LogP contribution >= 0.6 is 0 Å². The first-order valence-electron chi connectivity index (χ1n) is 10.2. The molecule has 3 aromatic rings. The number of unbranched alkanes of at least 4 members (excludes halogenated alkanes) is 1. The number of nitro benzene ring substituents is 1. The molecule has 0 amide bonds. The van der Waals surface area contributed by atoms with E-state index in [1.807, 2.05) is 0 Å². The lowest BCUT2D eigenvalue weighted by molar-refractivity contribution is -0.384. The molecule has 0 atom stereocenters. The van der Waals surface area contributed by atoms with Crippen molar-refractivity contribution in [2.75, 3.05) is 0 Å². The molecule has 0 bridgehead atoms. The molecule has 6 nitrogen and oxygen atoms in total. The third kappa shape index (κ3) is 5.14. The first-order valence-corrected chi connectivity index (χ1v) is 10.2. The van der Waals surface area contributed by atoms with Crippen LogP contribution in [0.3, 0.4) is 0 Å². The van der Waals surface area contributed by atoms with Gasteiger partial charge in [0.25, 0.3) is 5.69 Å². The quantitative estimate of drug-likeness (QED) is 0.253. The Bertz CT molecular complexity index is 1040. The summed E-state index contributed by atoms with van der Waals surface area (Å²) in [6.45, 7) is 6.51. The van der Waals surface area contributed by atoms with E-state index in [0.717, 1.165) is 29.1 Å². The molecule has 0 aliphatic heterocycles. The zero-order valence-corrected chi connectivity index (χ0v) is 17.7. The molecule has 0 spiro atoms. The van der Waals surface area contributed by atoms with Gasteiger partial charge in [0.2, 0.25) is 0 Å². The minimum Gasteiger partial charge on any atom is -0.391 e. The fourth-order valence-electron chi connectivity index (χ4n) is 3.47. The summed E-state index contributed by atoms with van der Waals surface area (Å²) in [7, 11) is 0. The Morgan fingerprint density at radius 1 is 1.10 bits per heavy atom. The number of hydrogen-bond donors (Lipinski definition) is 0. The lowest BCUT2D eigenvalue weighted by Crippen LogP contribution is -2.00. The number of benzene rings is 2. The summed E-state index contributed by atoms with van der Waals surface area (Å²) in [5, 5.41) is 14.9. The van der Waals surface area contributed by atoms with E-state index in [0.29, 0.717) is 5.56 Å². The Balaban J connectivity index is 1.68. The van der Waals surface area contributed by atoms with Crippen LogP contribution in [0, 0.1) is 24.0 Å². The molecule has 0 aliphatic carbocycles. The molecule has 1 heterocycles. The van der Waals surface area contributed by atoms with E-state index in [9.17, 15) is 10.1 Å². The topological polar surface area (TPSA) is 69.7 Å². The summed E-state index contributed by atoms with van der Waals surface area (Å²) in [6.07, 6.45) is 5.20. The predicted molar refractivity (Wildman–Crippen MR) is 119 cm³/mol. The van der Waals surface area contributed by atoms with Crippen LogP contribution in [0.2, 0.25) is 0 Å². The molecule has 0 aliphatic rings. The zero-order valence-electron chi connectivity index (χ0n) is 17.7. The second-order valence-electron chi connectivity index (χ2n) is 7.37. The van der Waals surface area contributed by atoms with Gasteiger partial charge in [-0.1, -0.05) is 42.8 Å². The van der Waals surface area contributed by atoms with Gasteiger partial charge in [0.15, 0.2) is 0 Å². The Kier molecular flexibility index (Phi) is 7.01. The first kappa shape index (κ1) is 21.3. The van der Waals surface area contributed by atoms with Crippen LogP contribution < -0.4 is 0 Å². The molecule has 3 rings (SSSR count). The Morgan fingerprint density at radius 3 is 2.57 bits per heavy atom. The van der Waals surface area contributed by atoms with Crippen molar-refractivity contribution in [1.82, 2.24) is 4.57 Å². The molecule has 2 aromatic carbocycles. The van der Waals surface area contributed by atoms with Gasteiger partial charge in [0, 0.05) is 34.8 Å². The maximum absolute atomic E-state index is 10.9. The van der Waals surface area contributed by atoms with Gasteiger partial charge in [0.1, 0.15) is 6.61 Å². The molecule has 30 heavy (non-hydrogen) atoms. The van der Waals surface area contributed by atoms with E-state index in [2.05, 4.69) is 60.8 Å². The van der Waals surface area contributed by atoms with E-state index in [1.54, 1.807) is 18.3 Å². The van der Waals surface area contributed by atoms with Gasteiger partial charge in [-0.25, -0.2) is 0 Å². The van der Waals surface area contributed by atoms with E-state index in [4.69, 9.17) is 4.84 Å². The SMILES string of the molecule is CCCCc1ccc(-n2c(C)cc(/C=N\OCc3cccc([N+](=O)[O-])c3)c2C)cc1. The molecular weight excluding hydrogens is 378 g/mol. The highest BCUT2D eigenvalue weighted by Crippen LogP contribution is 2.21. The highest BCUT2D eigenvalue weighted by molar-refractivity contribution is 5.81. The van der Waals surface area contributed by atoms with Crippen LogP contribution in [0.25, 0.3) is 5.69 Å². The second-order valence-corrected chi connectivity index (χ2v) is 7.37. The number of nitrogens with zero attached hydrogens (tertiary/aromatic N) is 3. The summed E-state index contributed by atoms with van der Waals surface area (Å²) >= 11 is 0. The number of rotatable bonds is 9. The molecule has 0 saturated carbocycles. The van der Waals surface area contributed by atoms with Crippen LogP contribution in [0.4, 0.5) is 5.69 Å². The molecule has 0 N–H and O–H groups in total. The lowest BCUT2D eigenvalue weighted by atomic mass is 10.1. The van der Waals surface area contributed by atoms with Crippen molar-refractivity contribution in [2.45, 2.75) is 46.6 Å². The summed E-state index contributed by atoms with van der Waals surface area (Å²) in [5.74, 6) is 0. The third-order valence-corrected chi connectivity index (χ3v) is 5.10. The number of aryl methyl sites for hydroxylation is 2. The second kappa shape index (κ2) is 9.87. The largest absolute Gasteiger partial charge is 0.391 e. The molecule has 0 fully saturated rings. The van der Waals surface area contributed by atoms with E-state index in [1.165, 1.54) is 30.5 Å². The van der Waals surface area contributed by atoms with Gasteiger partial charge in [-0.15, -0.1) is 0 Å². The molecule has 6 heteroatoms. The molecule has 0 radical (unpaired) electrons. The summed E-state index contributed by atoms with van der Waals surface area (Å²) in [4.78, 5) is 15.8. The molecule has 1 aromatic heterocycles. The summed E-state index contributed by atoms with van der Waals surface area (Å²) in [5.41, 5.74) is 6.41. The number of aromatic nitrogens is 1. The van der Waals surface area contributed by atoms with Crippen molar-refractivity contribution in [3.63, 3.8) is 0 Å². The van der Waals surface area contributed by atoms with Crippen molar-refractivity contribution in [3.05, 3.63) is 92.8 Å². The van der Waals surface area contributed by atoms with Crippen LogP contribution in [0.15, 0.2) is 59.8 Å². The fraction of sp³-hybridized carbons (Fsp3) is 0.292. The zero-order chi connectivity index (χ0) is 21.5. The van der Waals surface area contributed by atoms with Crippen LogP contribution in [-0.2, 0) is 17.9 Å². The van der Waals surface area contributed by atoms with Gasteiger partial charge in [0.05, 0.1) is 11.1 Å². The minimum absolute atomic E-state index is 0.0457. The summed E-state index contributed by atoms with van der Waals surface area (Å²) < 4.78 is 2.20. The summed E-state index contributed by atoms with van der Waals surface area (Å²) in [6, 6.07) is 17.1. The molecule has 0 unspecified atom stereocenters. The first-order chi connectivity index (χ1) is 14.5. The maximum atomic E-state index is 10.9. The third-order valence-electron chi connectivity index (χ3n) is 5.10. The van der Waals surface area contributed by atoms with Crippen LogP contribution in [0.5, 0.6) is 0 Å². The lowest BCUT2D eigenvalue weighted by Gasteiger charge is -2.10. The van der Waals surface area contributed by atoms with Crippen LogP contribution in [-0.4, -0.2) is 15.7 Å². The Hall–Kier alpha value is -3.41. The Labute approximate surface area is 177 Å². The Morgan fingerprint density at radius 2 is 1.87 bits per heavy atom. The number of hydrogen-bond acceptors (Lipinski definition) is 4. The average molecular weight is 405 g/mol. The normalized spacial score (nSPS) is 11.2. The van der Waals surface area contributed by atoms with Crippen molar-refractivity contribution >= 4 is 11.9 Å². The average Bonchev–Trinajstić information content (AvgIpc) is 3.03. The van der Waals surface area contributed by atoms with Crippen molar-refractivity contribution < 1.29 is 9.76 Å². The molecule has 156 valence electrons. The van der Waals surface area contributed by atoms with Gasteiger partial charge < -0.3 is 9.40 Å². The van der Waals surface area contributed by atoms with E-state index < -0.39 is 4.92 Å². The van der Waals surface area contributed by atoms with Gasteiger partial charge >= 0.3 is 0 Å². The molecular formula is C24H27N3O3. The smallest absolute Gasteiger partial charge is 0.269 e. The number of nitro groups is 1. The van der Waals surface area contributed by atoms with Crippen molar-refractivity contribution in [3.8, 4) is 5.69 Å². The van der Waals surface area contributed by atoms with Crippen molar-refractivity contribution in [2.24, 2.45) is 5.16 Å². The van der Waals surface area contributed by atoms with E-state index >= 15 is 0 Å².